The van der Waals surface area contributed by atoms with Gasteiger partial charge in [0.1, 0.15) is 0 Å². The molecule has 14 rings (SSSR count). The van der Waals surface area contributed by atoms with Gasteiger partial charge in [-0.1, -0.05) is 223 Å². The van der Waals surface area contributed by atoms with Gasteiger partial charge < -0.3 is 9.47 Å². The molecule has 0 spiro atoms. The van der Waals surface area contributed by atoms with Gasteiger partial charge in [0.05, 0.1) is 16.7 Å². The van der Waals surface area contributed by atoms with Crippen molar-refractivity contribution in [3.05, 3.63) is 271 Å². The zero-order valence-electron chi connectivity index (χ0n) is 43.3. The van der Waals surface area contributed by atoms with Crippen molar-refractivity contribution < 1.29 is 0 Å². The summed E-state index contributed by atoms with van der Waals surface area (Å²) in [4.78, 5) is 2.46. The SMILES string of the molecule is CC1C=CC(c2ccc3c4ccc(-c5ccccc5)cc4n(-c4ccccc4-c4ccc(-c5ccc(N(c6ccc7c(c6)C(C)(C)c6ccccc6-7)c6ccc7c(c6)C(C)(C)c6ccccc6-7)cc5)cc4)c3c2)=CC1. The van der Waals surface area contributed by atoms with Crippen molar-refractivity contribution in [1.29, 1.82) is 0 Å². The van der Waals surface area contributed by atoms with E-state index in [0.29, 0.717) is 5.92 Å². The lowest BCUT2D eigenvalue weighted by atomic mass is 9.82. The third-order valence-corrected chi connectivity index (χ3v) is 17.0. The second-order valence-electron chi connectivity index (χ2n) is 22.2. The summed E-state index contributed by atoms with van der Waals surface area (Å²) in [6.07, 6.45) is 8.10. The molecule has 0 saturated heterocycles. The highest BCUT2D eigenvalue weighted by atomic mass is 15.1. The van der Waals surface area contributed by atoms with Gasteiger partial charge in [-0.3, -0.25) is 0 Å². The minimum Gasteiger partial charge on any atom is -0.310 e. The fourth-order valence-corrected chi connectivity index (χ4v) is 12.9. The molecule has 1 atom stereocenters. The summed E-state index contributed by atoms with van der Waals surface area (Å²) in [5, 5.41) is 2.51. The molecule has 0 N–H and O–H groups in total. The number of allylic oxidation sites excluding steroid dienone is 4. The smallest absolute Gasteiger partial charge is 0.0547 e. The molecule has 11 aromatic rings. The van der Waals surface area contributed by atoms with Crippen molar-refractivity contribution in [1.82, 2.24) is 4.57 Å². The average molecular weight is 963 g/mol. The Hall–Kier alpha value is -8.72. The van der Waals surface area contributed by atoms with Gasteiger partial charge in [0.25, 0.3) is 0 Å². The molecule has 75 heavy (non-hydrogen) atoms. The molecule has 2 nitrogen and oxygen atoms in total. The summed E-state index contributed by atoms with van der Waals surface area (Å²) < 4.78 is 2.51. The highest BCUT2D eigenvalue weighted by molar-refractivity contribution is 6.11. The molecule has 0 amide bonds. The Balaban J connectivity index is 0.844. The van der Waals surface area contributed by atoms with Crippen molar-refractivity contribution in [2.45, 2.75) is 51.9 Å². The molecule has 0 bridgehead atoms. The highest BCUT2D eigenvalue weighted by Gasteiger charge is 2.38. The monoisotopic (exact) mass is 962 g/mol. The third-order valence-electron chi connectivity index (χ3n) is 17.0. The maximum atomic E-state index is 2.51. The van der Waals surface area contributed by atoms with Crippen LogP contribution >= 0.6 is 0 Å². The number of nitrogens with zero attached hydrogens (tertiary/aromatic N) is 2. The van der Waals surface area contributed by atoms with Gasteiger partial charge in [0.2, 0.25) is 0 Å². The summed E-state index contributed by atoms with van der Waals surface area (Å²) in [5.74, 6) is 0.560. The molecule has 2 heteroatoms. The predicted octanol–water partition coefficient (Wildman–Crippen LogP) is 19.8. The van der Waals surface area contributed by atoms with Crippen LogP contribution in [0.2, 0.25) is 0 Å². The van der Waals surface area contributed by atoms with Crippen molar-refractivity contribution in [3.63, 3.8) is 0 Å². The van der Waals surface area contributed by atoms with Crippen molar-refractivity contribution >= 4 is 44.4 Å². The predicted molar refractivity (Wildman–Crippen MR) is 318 cm³/mol. The Labute approximate surface area is 441 Å². The van der Waals surface area contributed by atoms with Gasteiger partial charge in [-0.25, -0.2) is 0 Å². The topological polar surface area (TPSA) is 8.17 Å². The van der Waals surface area contributed by atoms with Gasteiger partial charge in [-0.2, -0.15) is 0 Å². The van der Waals surface area contributed by atoms with Gasteiger partial charge in [-0.05, 0) is 150 Å². The quantitative estimate of drug-likeness (QED) is 0.147. The molecular formula is C73H58N2. The van der Waals surface area contributed by atoms with Crippen LogP contribution in [0.1, 0.15) is 68.9 Å². The first-order valence-electron chi connectivity index (χ1n) is 26.7. The van der Waals surface area contributed by atoms with E-state index in [1.54, 1.807) is 0 Å². The minimum atomic E-state index is -0.117. The molecule has 3 aliphatic carbocycles. The Morgan fingerprint density at radius 3 is 1.43 bits per heavy atom. The Kier molecular flexibility index (Phi) is 10.3. The molecule has 10 aromatic carbocycles. The van der Waals surface area contributed by atoms with Gasteiger partial charge in [0, 0.05) is 44.2 Å². The average Bonchev–Trinajstić information content (AvgIpc) is 4.06. The van der Waals surface area contributed by atoms with Crippen LogP contribution in [0, 0.1) is 5.92 Å². The molecule has 0 fully saturated rings. The molecular weight excluding hydrogens is 905 g/mol. The van der Waals surface area contributed by atoms with E-state index < -0.39 is 0 Å². The molecule has 0 saturated carbocycles. The number of rotatable bonds is 8. The zero-order chi connectivity index (χ0) is 50.6. The van der Waals surface area contributed by atoms with E-state index >= 15 is 0 Å². The van der Waals surface area contributed by atoms with Crippen LogP contribution in [0.15, 0.2) is 243 Å². The highest BCUT2D eigenvalue weighted by Crippen LogP contribution is 2.53. The van der Waals surface area contributed by atoms with Gasteiger partial charge in [0.15, 0.2) is 0 Å². The Bertz CT molecular complexity index is 4030. The van der Waals surface area contributed by atoms with E-state index in [0.717, 1.165) is 29.2 Å². The van der Waals surface area contributed by atoms with Crippen LogP contribution < -0.4 is 4.90 Å². The van der Waals surface area contributed by atoms with E-state index in [4.69, 9.17) is 0 Å². The number of para-hydroxylation sites is 1. The zero-order valence-corrected chi connectivity index (χ0v) is 43.3. The molecule has 0 radical (unpaired) electrons. The van der Waals surface area contributed by atoms with E-state index in [1.807, 2.05) is 0 Å². The Morgan fingerprint density at radius 1 is 0.387 bits per heavy atom. The van der Waals surface area contributed by atoms with Crippen LogP contribution in [0.25, 0.3) is 88.7 Å². The molecule has 0 aliphatic heterocycles. The number of aromatic nitrogens is 1. The van der Waals surface area contributed by atoms with Gasteiger partial charge in [-0.15, -0.1) is 0 Å². The number of benzene rings is 10. The Morgan fingerprint density at radius 2 is 0.840 bits per heavy atom. The summed E-state index contributed by atoms with van der Waals surface area (Å²) >= 11 is 0. The van der Waals surface area contributed by atoms with Crippen LogP contribution in [0.3, 0.4) is 0 Å². The van der Waals surface area contributed by atoms with Crippen LogP contribution in [-0.2, 0) is 10.8 Å². The van der Waals surface area contributed by atoms with Crippen LogP contribution in [0.5, 0.6) is 0 Å². The number of hydrogen-bond acceptors (Lipinski definition) is 1. The summed E-state index contributed by atoms with van der Waals surface area (Å²) in [6.45, 7) is 11.8. The fourth-order valence-electron chi connectivity index (χ4n) is 12.9. The second-order valence-corrected chi connectivity index (χ2v) is 22.2. The first-order valence-corrected chi connectivity index (χ1v) is 26.7. The standard InChI is InChI=1S/C73H58N2/c1-47-23-25-51(26-24-47)54-34-40-64-63-39-33-53(48-15-7-6-8-16-48)43-70(63)75(71(64)44-54)69-22-14-11-17-58(69)52-29-27-49(28-30-52)50-31-35-55(36-32-50)74(56-37-41-61-59-18-9-12-20-65(59)72(2,3)67(61)45-56)57-38-42-62-60-19-10-13-21-66(60)73(4,5)68(62)46-57/h6-23,25-47H,24H2,1-5H3. The van der Waals surface area contributed by atoms with E-state index in [-0.39, 0.29) is 10.8 Å². The number of anilines is 3. The lowest BCUT2D eigenvalue weighted by Gasteiger charge is -2.30. The lowest BCUT2D eigenvalue weighted by Crippen LogP contribution is -2.18. The van der Waals surface area contributed by atoms with Crippen LogP contribution in [0.4, 0.5) is 17.1 Å². The molecule has 1 unspecified atom stereocenters. The minimum absolute atomic E-state index is 0.117. The first-order chi connectivity index (χ1) is 36.6. The van der Waals surface area contributed by atoms with Crippen molar-refractivity contribution in [2.24, 2.45) is 5.92 Å². The summed E-state index contributed by atoms with van der Waals surface area (Å²) in [7, 11) is 0. The lowest BCUT2D eigenvalue weighted by molar-refractivity contribution is 0.660. The second kappa shape index (κ2) is 17.2. The van der Waals surface area contributed by atoms with E-state index in [1.165, 1.54) is 111 Å². The van der Waals surface area contributed by atoms with Crippen molar-refractivity contribution in [3.8, 4) is 61.3 Å². The van der Waals surface area contributed by atoms with E-state index in [9.17, 15) is 0 Å². The number of fused-ring (bicyclic) bond motifs is 9. The normalized spacial score (nSPS) is 15.6. The molecule has 1 heterocycles. The summed E-state index contributed by atoms with van der Waals surface area (Å²) in [5.41, 5.74) is 27.3. The molecule has 1 aromatic heterocycles. The van der Waals surface area contributed by atoms with Crippen LogP contribution in [-0.4, -0.2) is 4.57 Å². The van der Waals surface area contributed by atoms with E-state index in [2.05, 4.69) is 287 Å². The maximum absolute atomic E-state index is 2.51. The van der Waals surface area contributed by atoms with Crippen molar-refractivity contribution in [2.75, 3.05) is 4.90 Å². The maximum Gasteiger partial charge on any atom is 0.0547 e. The third kappa shape index (κ3) is 7.22. The molecule has 3 aliphatic rings. The fraction of sp³-hybridized carbons (Fsp3) is 0.123. The summed E-state index contributed by atoms with van der Waals surface area (Å²) in [6, 6.07) is 84.1. The largest absolute Gasteiger partial charge is 0.310 e. The van der Waals surface area contributed by atoms with Gasteiger partial charge >= 0.3 is 0 Å². The molecule has 360 valence electrons. The first kappa shape index (κ1) is 44.9. The number of hydrogen-bond donors (Lipinski definition) is 0.